The van der Waals surface area contributed by atoms with Crippen LogP contribution in [0, 0.1) is 10.8 Å². The molecule has 0 spiro atoms. The van der Waals surface area contributed by atoms with Crippen molar-refractivity contribution < 1.29 is 48.0 Å². The normalized spacial score (nSPS) is 22.4. The number of carbonyl (C=O) groups is 4. The molecule has 0 bridgehead atoms. The fraction of sp³-hybridized carbons (Fsp3) is 0.400. The van der Waals surface area contributed by atoms with Crippen molar-refractivity contribution in [2.45, 2.75) is 90.6 Å². The van der Waals surface area contributed by atoms with E-state index in [0.29, 0.717) is 49.7 Å². The number of aliphatic hydroxyl groups excluding tert-OH is 1. The smallest absolute Gasteiger partial charge is 0.352 e. The highest BCUT2D eigenvalue weighted by Gasteiger charge is 2.48. The number of aliphatic carboxylic acids is 1. The maximum atomic E-state index is 13.9. The van der Waals surface area contributed by atoms with Crippen LogP contribution < -0.4 is 9.47 Å². The minimum atomic E-state index is -2.06. The van der Waals surface area contributed by atoms with Crippen LogP contribution in [0.3, 0.4) is 0 Å². The number of carboxylic acids is 1. The van der Waals surface area contributed by atoms with Gasteiger partial charge in [-0.2, -0.15) is 0 Å². The fourth-order valence-electron chi connectivity index (χ4n) is 8.42. The van der Waals surface area contributed by atoms with E-state index in [-0.39, 0.29) is 72.1 Å². The Balaban J connectivity index is 1.27. The number of rotatable bonds is 12. The second-order valence-electron chi connectivity index (χ2n) is 14.3. The summed E-state index contributed by atoms with van der Waals surface area (Å²) in [6.45, 7) is 3.26. The maximum absolute atomic E-state index is 13.9. The predicted octanol–water partition coefficient (Wildman–Crippen LogP) is 8.81. The fourth-order valence-corrected chi connectivity index (χ4v) is 9.44. The lowest BCUT2D eigenvalue weighted by molar-refractivity contribution is -0.167. The molecule has 0 radical (unpaired) electrons. The molecule has 0 saturated heterocycles. The van der Waals surface area contributed by atoms with Crippen LogP contribution in [-0.2, 0) is 50.0 Å². The van der Waals surface area contributed by atoms with Crippen molar-refractivity contribution >= 4 is 81.1 Å². The number of carbonyl (C=O) groups excluding carboxylic acids is 3. The summed E-state index contributed by atoms with van der Waals surface area (Å²) in [6.07, 6.45) is 3.72. The molecule has 3 aromatic rings. The number of benzene rings is 2. The minimum absolute atomic E-state index is 0.0134. The summed E-state index contributed by atoms with van der Waals surface area (Å²) in [7, 11) is 0. The molecular weight excluding hydrogens is 782 g/mol. The number of aliphatic hydroxyl groups is 1. The summed E-state index contributed by atoms with van der Waals surface area (Å²) in [5, 5.41) is 20.0. The van der Waals surface area contributed by atoms with E-state index in [9.17, 15) is 29.4 Å². The van der Waals surface area contributed by atoms with E-state index in [1.807, 2.05) is 13.8 Å². The Kier molecular flexibility index (Phi) is 10.5. The summed E-state index contributed by atoms with van der Waals surface area (Å²) in [5.74, 6) is -2.57. The van der Waals surface area contributed by atoms with Crippen molar-refractivity contribution in [1.29, 1.82) is 0 Å². The molecule has 54 heavy (non-hydrogen) atoms. The molecule has 4 aliphatic rings. The summed E-state index contributed by atoms with van der Waals surface area (Å²) in [4.78, 5) is 52.0. The molecule has 2 aromatic carbocycles. The highest BCUT2D eigenvalue weighted by Crippen LogP contribution is 2.59. The second-order valence-corrected chi connectivity index (χ2v) is 15.8. The average Bonchev–Trinajstić information content (AvgIpc) is 3.85. The quantitative estimate of drug-likeness (QED) is 0.170. The van der Waals surface area contributed by atoms with Crippen molar-refractivity contribution in [3.8, 4) is 11.5 Å². The molecule has 0 saturated carbocycles. The van der Waals surface area contributed by atoms with Crippen LogP contribution in [0.5, 0.6) is 11.5 Å². The van der Waals surface area contributed by atoms with Crippen molar-refractivity contribution in [3.05, 3.63) is 90.3 Å². The largest absolute Gasteiger partial charge is 0.478 e. The van der Waals surface area contributed by atoms with Gasteiger partial charge in [0.25, 0.3) is 0 Å². The lowest BCUT2D eigenvalue weighted by atomic mass is 9.71. The van der Waals surface area contributed by atoms with Gasteiger partial charge in [-0.1, -0.05) is 60.3 Å². The molecule has 1 aromatic heterocycles. The number of hydrogen-bond acceptors (Lipinski definition) is 9. The summed E-state index contributed by atoms with van der Waals surface area (Å²) in [6, 6.07) is 6.18. The topological polar surface area (TPSA) is 150 Å². The first-order chi connectivity index (χ1) is 25.7. The number of allylic oxidation sites excluding steroid dienone is 4. The van der Waals surface area contributed by atoms with Crippen molar-refractivity contribution in [3.63, 3.8) is 0 Å². The van der Waals surface area contributed by atoms with Crippen molar-refractivity contribution in [2.24, 2.45) is 10.8 Å². The number of halogens is 4. The second kappa shape index (κ2) is 14.7. The van der Waals surface area contributed by atoms with Crippen LogP contribution in [0.25, 0.3) is 11.1 Å². The van der Waals surface area contributed by atoms with E-state index < -0.39 is 30.8 Å². The van der Waals surface area contributed by atoms with Crippen molar-refractivity contribution in [2.75, 3.05) is 0 Å². The SMILES string of the molecule is CCC12CCC(=O)C=C1c1c(cc(OC(C(=O)O)C(Oc3cc4c(c(Cl)c3Cl)C3=CC(=O)CCC3(CC)C4)C(=O)OCc3ccc(CO)o3)c(Cl)c1Cl)C2. The van der Waals surface area contributed by atoms with Gasteiger partial charge in [-0.05, 0) is 97.2 Å². The standard InChI is InChI=1S/C40H36Cl4O10/c1-3-39-9-7-21(46)13-25(39)29-19(15-39)11-27(31(41)33(29)43)53-35(37(48)49)36(38(50)51-18-24-6-5-23(17-45)52-24)54-28-12-20-16-40(4-2)10-8-22(47)14-26(40)30(20)34(44)32(28)42/h5-6,11-14,35-36,45H,3-4,7-10,15-18H2,1-2H3,(H,48,49). The van der Waals surface area contributed by atoms with Crippen LogP contribution in [0.2, 0.25) is 20.1 Å². The first-order valence-corrected chi connectivity index (χ1v) is 19.2. The zero-order valence-corrected chi connectivity index (χ0v) is 32.4. The van der Waals surface area contributed by atoms with Gasteiger partial charge in [0.1, 0.15) is 46.3 Å². The molecule has 4 aliphatic carbocycles. The van der Waals surface area contributed by atoms with Gasteiger partial charge in [-0.25, -0.2) is 9.59 Å². The Labute approximate surface area is 330 Å². The van der Waals surface area contributed by atoms with Gasteiger partial charge < -0.3 is 28.8 Å². The summed E-state index contributed by atoms with van der Waals surface area (Å²) >= 11 is 27.3. The molecule has 2 N–H and O–H groups in total. The summed E-state index contributed by atoms with van der Waals surface area (Å²) in [5.41, 5.74) is 3.59. The van der Waals surface area contributed by atoms with E-state index in [2.05, 4.69) is 0 Å². The first kappa shape index (κ1) is 38.5. The molecular formula is C40H36Cl4O10. The van der Waals surface area contributed by atoms with Gasteiger partial charge in [0.15, 0.2) is 11.6 Å². The molecule has 4 atom stereocenters. The van der Waals surface area contributed by atoms with Crippen LogP contribution in [-0.4, -0.2) is 45.9 Å². The molecule has 1 heterocycles. The lowest BCUT2D eigenvalue weighted by Gasteiger charge is -2.32. The van der Waals surface area contributed by atoms with Gasteiger partial charge in [0.05, 0.1) is 10.0 Å². The number of esters is 1. The highest BCUT2D eigenvalue weighted by atomic mass is 35.5. The molecule has 7 rings (SSSR count). The minimum Gasteiger partial charge on any atom is -0.478 e. The molecule has 284 valence electrons. The van der Waals surface area contributed by atoms with E-state index in [4.69, 9.17) is 65.0 Å². The molecule has 10 nitrogen and oxygen atoms in total. The molecule has 0 aliphatic heterocycles. The third kappa shape index (κ3) is 6.53. The highest BCUT2D eigenvalue weighted by molar-refractivity contribution is 6.45. The van der Waals surface area contributed by atoms with Crippen LogP contribution in [0.15, 0.2) is 40.8 Å². The zero-order valence-electron chi connectivity index (χ0n) is 29.4. The Hall–Kier alpha value is -3.80. The summed E-state index contributed by atoms with van der Waals surface area (Å²) < 4.78 is 23.2. The zero-order chi connectivity index (χ0) is 38.7. The number of hydrogen-bond donors (Lipinski definition) is 2. The number of ether oxygens (including phenoxy) is 3. The van der Waals surface area contributed by atoms with Crippen LogP contribution >= 0.6 is 46.4 Å². The Bertz CT molecular complexity index is 2170. The van der Waals surface area contributed by atoms with Crippen LogP contribution in [0.1, 0.15) is 86.1 Å². The van der Waals surface area contributed by atoms with E-state index >= 15 is 0 Å². The third-order valence-electron chi connectivity index (χ3n) is 11.4. The number of carboxylic acid groups (broad SMARTS) is 1. The lowest BCUT2D eigenvalue weighted by Crippen LogP contribution is -2.48. The number of fused-ring (bicyclic) bond motifs is 6. The van der Waals surface area contributed by atoms with Crippen molar-refractivity contribution in [1.82, 2.24) is 0 Å². The van der Waals surface area contributed by atoms with Crippen LogP contribution in [0.4, 0.5) is 0 Å². The molecule has 0 fully saturated rings. The maximum Gasteiger partial charge on any atom is 0.352 e. The van der Waals surface area contributed by atoms with Gasteiger partial charge in [0, 0.05) is 34.8 Å². The Morgan fingerprint density at radius 1 is 0.778 bits per heavy atom. The first-order valence-electron chi connectivity index (χ1n) is 17.7. The predicted molar refractivity (Wildman–Crippen MR) is 201 cm³/mol. The van der Waals surface area contributed by atoms with Gasteiger partial charge >= 0.3 is 11.9 Å². The van der Waals surface area contributed by atoms with Gasteiger partial charge in [-0.3, -0.25) is 9.59 Å². The van der Waals surface area contributed by atoms with Gasteiger partial charge in [0.2, 0.25) is 12.2 Å². The molecule has 4 unspecified atom stereocenters. The third-order valence-corrected chi connectivity index (χ3v) is 13.1. The molecule has 14 heteroatoms. The Morgan fingerprint density at radius 2 is 1.26 bits per heavy atom. The Morgan fingerprint density at radius 3 is 1.70 bits per heavy atom. The van der Waals surface area contributed by atoms with Gasteiger partial charge in [-0.15, -0.1) is 0 Å². The van der Waals surface area contributed by atoms with E-state index in [0.717, 1.165) is 35.1 Å². The monoisotopic (exact) mass is 816 g/mol. The van der Waals surface area contributed by atoms with E-state index in [1.54, 1.807) is 24.3 Å². The van der Waals surface area contributed by atoms with E-state index in [1.165, 1.54) is 12.1 Å². The molecule has 0 amide bonds. The number of furan rings is 1. The average molecular weight is 819 g/mol. The number of ketones is 2.